The highest BCUT2D eigenvalue weighted by atomic mass is 16.2. The minimum Gasteiger partial charge on any atom is -0.331 e. The number of carbonyl (C=O) groups is 1. The molecule has 2 aliphatic rings. The van der Waals surface area contributed by atoms with Crippen molar-refractivity contribution in [3.63, 3.8) is 0 Å². The molecule has 0 atom stereocenters. The molecule has 3 rings (SSSR count). The van der Waals surface area contributed by atoms with E-state index in [9.17, 15) is 4.79 Å². The van der Waals surface area contributed by atoms with Crippen LogP contribution < -0.4 is 5.32 Å². The lowest BCUT2D eigenvalue weighted by molar-refractivity contribution is 0.189. The van der Waals surface area contributed by atoms with E-state index in [4.69, 9.17) is 0 Å². The van der Waals surface area contributed by atoms with Gasteiger partial charge in [0.15, 0.2) is 5.82 Å². The summed E-state index contributed by atoms with van der Waals surface area (Å²) in [6.45, 7) is 5.36. The summed E-state index contributed by atoms with van der Waals surface area (Å²) in [4.78, 5) is 21.0. The van der Waals surface area contributed by atoms with Gasteiger partial charge >= 0.3 is 6.03 Å². The van der Waals surface area contributed by atoms with Crippen LogP contribution in [0.3, 0.4) is 0 Å². The Balaban J connectivity index is 1.41. The van der Waals surface area contributed by atoms with Crippen LogP contribution in [0, 0.1) is 5.92 Å². The Bertz CT molecular complexity index is 525. The molecule has 1 aliphatic heterocycles. The lowest BCUT2D eigenvalue weighted by Gasteiger charge is -2.28. The van der Waals surface area contributed by atoms with Gasteiger partial charge in [0.25, 0.3) is 0 Å². The highest BCUT2D eigenvalue weighted by Crippen LogP contribution is 2.24. The van der Waals surface area contributed by atoms with E-state index < -0.39 is 0 Å². The molecule has 0 radical (unpaired) electrons. The van der Waals surface area contributed by atoms with Gasteiger partial charge in [-0.05, 0) is 31.7 Å². The fourth-order valence-electron chi connectivity index (χ4n) is 3.82. The zero-order valence-corrected chi connectivity index (χ0v) is 14.8. The minimum absolute atomic E-state index is 0.00182. The van der Waals surface area contributed by atoms with Crippen LogP contribution in [0.4, 0.5) is 4.79 Å². The second-order valence-corrected chi connectivity index (χ2v) is 7.14. The van der Waals surface area contributed by atoms with Crippen LogP contribution in [0.1, 0.15) is 44.3 Å². The first-order valence-corrected chi connectivity index (χ1v) is 9.30. The molecule has 7 heteroatoms. The van der Waals surface area contributed by atoms with Crippen molar-refractivity contribution in [3.05, 3.63) is 12.2 Å². The maximum atomic E-state index is 12.4. The van der Waals surface area contributed by atoms with E-state index in [1.54, 1.807) is 11.0 Å². The average Bonchev–Trinajstić information content (AvgIpc) is 2.87. The largest absolute Gasteiger partial charge is 0.331 e. The highest BCUT2D eigenvalue weighted by Gasteiger charge is 2.22. The number of aryl methyl sites for hydroxylation is 1. The Hall–Kier alpha value is -1.63. The summed E-state index contributed by atoms with van der Waals surface area (Å²) in [5.74, 6) is 1.52. The third kappa shape index (κ3) is 4.93. The van der Waals surface area contributed by atoms with Crippen LogP contribution in [-0.4, -0.2) is 63.3 Å². The van der Waals surface area contributed by atoms with Crippen LogP contribution in [-0.2, 0) is 13.6 Å². The van der Waals surface area contributed by atoms with E-state index in [0.29, 0.717) is 12.4 Å². The second kappa shape index (κ2) is 8.46. The molecule has 7 nitrogen and oxygen atoms in total. The topological polar surface area (TPSA) is 66.3 Å². The number of amides is 2. The molecule has 0 unspecified atom stereocenters. The maximum absolute atomic E-state index is 12.4. The number of hydrogen-bond donors (Lipinski definition) is 1. The molecule has 2 fully saturated rings. The summed E-state index contributed by atoms with van der Waals surface area (Å²) in [7, 11) is 1.83. The van der Waals surface area contributed by atoms with Gasteiger partial charge in [-0.3, -0.25) is 4.68 Å². The first kappa shape index (κ1) is 17.2. The summed E-state index contributed by atoms with van der Waals surface area (Å²) in [5, 5.41) is 7.12. The molecule has 0 spiro atoms. The number of nitrogens with one attached hydrogen (secondary N) is 1. The summed E-state index contributed by atoms with van der Waals surface area (Å²) >= 11 is 0. The van der Waals surface area contributed by atoms with Gasteiger partial charge in [0.2, 0.25) is 0 Å². The number of nitrogens with zero attached hydrogens (tertiary/aromatic N) is 5. The minimum atomic E-state index is 0.00182. The lowest BCUT2D eigenvalue weighted by atomic mass is 9.89. The Labute approximate surface area is 144 Å². The highest BCUT2D eigenvalue weighted by molar-refractivity contribution is 5.74. The van der Waals surface area contributed by atoms with Gasteiger partial charge in [0.05, 0.1) is 6.54 Å². The third-order valence-corrected chi connectivity index (χ3v) is 5.16. The molecule has 1 saturated carbocycles. The van der Waals surface area contributed by atoms with Crippen LogP contribution in [0.25, 0.3) is 0 Å². The molecule has 134 valence electrons. The molecule has 1 aliphatic carbocycles. The Kier molecular flexibility index (Phi) is 6.07. The van der Waals surface area contributed by atoms with Crippen molar-refractivity contribution in [1.29, 1.82) is 0 Å². The smallest absolute Gasteiger partial charge is 0.317 e. The van der Waals surface area contributed by atoms with Crippen LogP contribution >= 0.6 is 0 Å². The van der Waals surface area contributed by atoms with Crippen LogP contribution in [0.15, 0.2) is 6.33 Å². The summed E-state index contributed by atoms with van der Waals surface area (Å²) in [6, 6.07) is 0.00182. The van der Waals surface area contributed by atoms with Gasteiger partial charge in [0, 0.05) is 33.2 Å². The fraction of sp³-hybridized carbons (Fsp3) is 0.824. The van der Waals surface area contributed by atoms with Gasteiger partial charge in [-0.15, -0.1) is 0 Å². The first-order valence-electron chi connectivity index (χ1n) is 9.30. The normalized spacial score (nSPS) is 20.8. The Morgan fingerprint density at radius 2 is 2.00 bits per heavy atom. The van der Waals surface area contributed by atoms with E-state index in [2.05, 4.69) is 20.3 Å². The molecule has 1 aromatic rings. The summed E-state index contributed by atoms with van der Waals surface area (Å²) in [5.41, 5.74) is 0. The molecular weight excluding hydrogens is 304 g/mol. The Morgan fingerprint density at radius 3 is 2.75 bits per heavy atom. The second-order valence-electron chi connectivity index (χ2n) is 7.14. The monoisotopic (exact) mass is 334 g/mol. The van der Waals surface area contributed by atoms with E-state index in [1.165, 1.54) is 38.6 Å². The third-order valence-electron chi connectivity index (χ3n) is 5.16. The lowest BCUT2D eigenvalue weighted by Crippen LogP contribution is -2.42. The van der Waals surface area contributed by atoms with Gasteiger partial charge < -0.3 is 15.1 Å². The van der Waals surface area contributed by atoms with Gasteiger partial charge in [-0.25, -0.2) is 9.78 Å². The van der Waals surface area contributed by atoms with E-state index >= 15 is 0 Å². The van der Waals surface area contributed by atoms with E-state index in [0.717, 1.165) is 38.5 Å². The van der Waals surface area contributed by atoms with Crippen LogP contribution in [0.2, 0.25) is 0 Å². The SMILES string of the molecule is Cn1cnc(CNC(=O)N2CCCN(CC3CCCCC3)CC2)n1. The van der Waals surface area contributed by atoms with Crippen molar-refractivity contribution in [1.82, 2.24) is 29.9 Å². The zero-order valence-electron chi connectivity index (χ0n) is 14.8. The summed E-state index contributed by atoms with van der Waals surface area (Å²) < 4.78 is 1.65. The maximum Gasteiger partial charge on any atom is 0.317 e. The van der Waals surface area contributed by atoms with Crippen molar-refractivity contribution < 1.29 is 4.79 Å². The van der Waals surface area contributed by atoms with Crippen molar-refractivity contribution in [3.8, 4) is 0 Å². The number of hydrogen-bond acceptors (Lipinski definition) is 4. The molecular formula is C17H30N6O. The number of aromatic nitrogens is 3. The molecule has 2 amide bonds. The first-order chi connectivity index (χ1) is 11.7. The number of rotatable bonds is 4. The van der Waals surface area contributed by atoms with Gasteiger partial charge in [0.1, 0.15) is 6.33 Å². The predicted molar refractivity (Wildman–Crippen MR) is 92.4 cm³/mol. The van der Waals surface area contributed by atoms with Gasteiger partial charge in [-0.1, -0.05) is 19.3 Å². The Morgan fingerprint density at radius 1 is 1.17 bits per heavy atom. The van der Waals surface area contributed by atoms with E-state index in [-0.39, 0.29) is 6.03 Å². The number of urea groups is 1. The molecule has 2 heterocycles. The molecule has 1 aromatic heterocycles. The van der Waals surface area contributed by atoms with Crippen molar-refractivity contribution >= 4 is 6.03 Å². The van der Waals surface area contributed by atoms with Crippen molar-refractivity contribution in [2.45, 2.75) is 45.1 Å². The molecule has 0 bridgehead atoms. The predicted octanol–water partition coefficient (Wildman–Crippen LogP) is 1.61. The molecule has 1 N–H and O–H groups in total. The standard InChI is InChI=1S/C17H30N6O/c1-21-14-19-16(20-21)12-18-17(24)23-9-5-8-22(10-11-23)13-15-6-3-2-4-7-15/h14-15H,2-13H2,1H3,(H,18,24). The fourth-order valence-corrected chi connectivity index (χ4v) is 3.82. The quantitative estimate of drug-likeness (QED) is 0.908. The van der Waals surface area contributed by atoms with Crippen molar-refractivity contribution in [2.24, 2.45) is 13.0 Å². The number of carbonyl (C=O) groups excluding carboxylic acids is 1. The van der Waals surface area contributed by atoms with Crippen molar-refractivity contribution in [2.75, 3.05) is 32.7 Å². The molecule has 24 heavy (non-hydrogen) atoms. The van der Waals surface area contributed by atoms with E-state index in [1.807, 2.05) is 11.9 Å². The van der Waals surface area contributed by atoms with Crippen LogP contribution in [0.5, 0.6) is 0 Å². The average molecular weight is 334 g/mol. The zero-order chi connectivity index (χ0) is 16.8. The molecule has 1 saturated heterocycles. The van der Waals surface area contributed by atoms with Gasteiger partial charge in [-0.2, -0.15) is 5.10 Å². The summed E-state index contributed by atoms with van der Waals surface area (Å²) in [6.07, 6.45) is 9.69. The molecule has 0 aromatic carbocycles.